The Balaban J connectivity index is 1.75. The fourth-order valence-electron chi connectivity index (χ4n) is 5.31. The van der Waals surface area contributed by atoms with Crippen LogP contribution in [-0.2, 0) is 6.54 Å². The quantitative estimate of drug-likeness (QED) is 0.164. The lowest BCUT2D eigenvalue weighted by molar-refractivity contribution is 0.0818. The van der Waals surface area contributed by atoms with E-state index in [1.807, 2.05) is 36.4 Å². The van der Waals surface area contributed by atoms with E-state index in [4.69, 9.17) is 0 Å². The maximum Gasteiger partial charge on any atom is 0.234 e. The molecule has 0 radical (unpaired) electrons. The van der Waals surface area contributed by atoms with Crippen LogP contribution in [0.2, 0.25) is 0 Å². The summed E-state index contributed by atoms with van der Waals surface area (Å²) in [5.74, 6) is -0.335. The smallest absolute Gasteiger partial charge is 0.234 e. The summed E-state index contributed by atoms with van der Waals surface area (Å²) in [5, 5.41) is 4.02. The van der Waals surface area contributed by atoms with Crippen molar-refractivity contribution >= 4 is 44.1 Å². The molecule has 1 atom stereocenters. The van der Waals surface area contributed by atoms with Crippen molar-refractivity contribution in [2.75, 3.05) is 0 Å². The fourth-order valence-corrected chi connectivity index (χ4v) is 5.31. The van der Waals surface area contributed by atoms with E-state index in [0.717, 1.165) is 40.0 Å². The normalized spacial score (nSPS) is 12.4. The van der Waals surface area contributed by atoms with Gasteiger partial charge in [0.15, 0.2) is 0 Å². The van der Waals surface area contributed by atoms with Crippen molar-refractivity contribution in [1.29, 1.82) is 0 Å². The van der Waals surface area contributed by atoms with Gasteiger partial charge in [0, 0.05) is 39.3 Å². The zero-order valence-electron chi connectivity index (χ0n) is 20.5. The van der Waals surface area contributed by atoms with Crippen molar-refractivity contribution < 1.29 is 9.59 Å². The van der Waals surface area contributed by atoms with Crippen molar-refractivity contribution in [3.05, 3.63) is 96.1 Å². The van der Waals surface area contributed by atoms with Crippen molar-refractivity contribution in [2.45, 2.75) is 46.1 Å². The molecule has 0 aliphatic rings. The summed E-state index contributed by atoms with van der Waals surface area (Å²) in [6.45, 7) is 5.47. The lowest BCUT2D eigenvalue weighted by Gasteiger charge is -2.18. The molecule has 0 amide bonds. The number of Topliss-reactive ketones (excluding diaryl/α,β-unsaturated/α-hetero) is 2. The van der Waals surface area contributed by atoms with Gasteiger partial charge in [0.2, 0.25) is 11.6 Å². The molecule has 1 unspecified atom stereocenters. The minimum atomic E-state index is -0.468. The van der Waals surface area contributed by atoms with E-state index in [-0.39, 0.29) is 0 Å². The zero-order valence-corrected chi connectivity index (χ0v) is 20.5. The molecule has 5 rings (SSSR count). The van der Waals surface area contributed by atoms with Crippen LogP contribution in [0.5, 0.6) is 0 Å². The summed E-state index contributed by atoms with van der Waals surface area (Å²) in [6, 6.07) is 27.2. The predicted octanol–water partition coefficient (Wildman–Crippen LogP) is 8.23. The van der Waals surface area contributed by atoms with Crippen LogP contribution in [0, 0.1) is 5.92 Å². The standard InChI is InChI=1S/C32H31NO2/c1-3-5-13-22(4-2)21-33-29-19-12-11-17-25(29)27-20-28(24-16-9-10-18-26(24)30(27)33)32(35)31(34)23-14-7-6-8-15-23/h6-12,14-20,22H,3-5,13,21H2,1-2H3. The van der Waals surface area contributed by atoms with Gasteiger partial charge in [0.25, 0.3) is 0 Å². The van der Waals surface area contributed by atoms with Crippen LogP contribution < -0.4 is 0 Å². The number of nitrogens with zero attached hydrogens (tertiary/aromatic N) is 1. The average molecular weight is 462 g/mol. The Labute approximate surface area is 206 Å². The highest BCUT2D eigenvalue weighted by Crippen LogP contribution is 2.37. The van der Waals surface area contributed by atoms with Crippen LogP contribution in [0.3, 0.4) is 0 Å². The number of ketones is 2. The first-order valence-electron chi connectivity index (χ1n) is 12.7. The molecule has 0 fully saturated rings. The number of rotatable bonds is 9. The molecule has 176 valence electrons. The van der Waals surface area contributed by atoms with E-state index in [9.17, 15) is 9.59 Å². The fraction of sp³-hybridized carbons (Fsp3) is 0.250. The Morgan fingerprint density at radius 2 is 1.40 bits per heavy atom. The monoisotopic (exact) mass is 461 g/mol. The number of benzene rings is 4. The lowest BCUT2D eigenvalue weighted by atomic mass is 9.94. The summed E-state index contributed by atoms with van der Waals surface area (Å²) >= 11 is 0. The molecule has 0 bridgehead atoms. The van der Waals surface area contributed by atoms with Crippen molar-refractivity contribution in [3.63, 3.8) is 0 Å². The summed E-state index contributed by atoms with van der Waals surface area (Å²) < 4.78 is 2.45. The molecule has 0 aliphatic heterocycles. The van der Waals surface area contributed by atoms with Crippen LogP contribution >= 0.6 is 0 Å². The van der Waals surface area contributed by atoms with Crippen molar-refractivity contribution in [2.24, 2.45) is 5.92 Å². The maximum atomic E-state index is 13.5. The molecule has 35 heavy (non-hydrogen) atoms. The Bertz CT molecular complexity index is 1530. The van der Waals surface area contributed by atoms with Crippen LogP contribution in [-0.4, -0.2) is 16.1 Å². The number of aromatic nitrogens is 1. The van der Waals surface area contributed by atoms with E-state index in [0.29, 0.717) is 17.0 Å². The molecule has 0 spiro atoms. The largest absolute Gasteiger partial charge is 0.340 e. The summed E-state index contributed by atoms with van der Waals surface area (Å²) in [4.78, 5) is 26.7. The third-order valence-electron chi connectivity index (χ3n) is 7.24. The molecule has 3 nitrogen and oxygen atoms in total. The second kappa shape index (κ2) is 9.87. The van der Waals surface area contributed by atoms with Crippen molar-refractivity contribution in [1.82, 2.24) is 4.57 Å². The van der Waals surface area contributed by atoms with Gasteiger partial charge in [0.1, 0.15) is 0 Å². The van der Waals surface area contributed by atoms with Gasteiger partial charge in [-0.1, -0.05) is 106 Å². The van der Waals surface area contributed by atoms with Crippen LogP contribution in [0.1, 0.15) is 60.2 Å². The van der Waals surface area contributed by atoms with Crippen LogP contribution in [0.15, 0.2) is 84.9 Å². The molecule has 0 saturated carbocycles. The highest BCUT2D eigenvalue weighted by atomic mass is 16.2. The molecule has 5 aromatic rings. The average Bonchev–Trinajstić information content (AvgIpc) is 3.23. The molecule has 1 aromatic heterocycles. The van der Waals surface area contributed by atoms with Gasteiger partial charge >= 0.3 is 0 Å². The number of para-hydroxylation sites is 1. The van der Waals surface area contributed by atoms with Crippen LogP contribution in [0.25, 0.3) is 32.6 Å². The molecule has 0 N–H and O–H groups in total. The van der Waals surface area contributed by atoms with E-state index < -0.39 is 11.6 Å². The molecule has 1 heterocycles. The van der Waals surface area contributed by atoms with Crippen molar-refractivity contribution in [3.8, 4) is 0 Å². The van der Waals surface area contributed by atoms with Gasteiger partial charge in [-0.05, 0) is 29.9 Å². The summed E-state index contributed by atoms with van der Waals surface area (Å²) in [7, 11) is 0. The van der Waals surface area contributed by atoms with E-state index >= 15 is 0 Å². The summed E-state index contributed by atoms with van der Waals surface area (Å²) in [6.07, 6.45) is 4.78. The number of carbonyl (C=O) groups excluding carboxylic acids is 2. The third-order valence-corrected chi connectivity index (χ3v) is 7.24. The molecule has 3 heteroatoms. The zero-order chi connectivity index (χ0) is 24.4. The Morgan fingerprint density at radius 1 is 0.743 bits per heavy atom. The number of hydrogen-bond acceptors (Lipinski definition) is 2. The van der Waals surface area contributed by atoms with Crippen LogP contribution in [0.4, 0.5) is 0 Å². The number of fused-ring (bicyclic) bond motifs is 5. The predicted molar refractivity (Wildman–Crippen MR) is 145 cm³/mol. The Morgan fingerprint density at radius 3 is 2.11 bits per heavy atom. The van der Waals surface area contributed by atoms with Gasteiger partial charge in [-0.3, -0.25) is 9.59 Å². The SMILES string of the molecule is CCCCC(CC)Cn1c2ccccc2c2cc(C(=O)C(=O)c3ccccc3)c3ccccc3c21. The second-order valence-electron chi connectivity index (χ2n) is 9.43. The first-order chi connectivity index (χ1) is 17.1. The number of hydrogen-bond donors (Lipinski definition) is 0. The Hall–Kier alpha value is -3.72. The van der Waals surface area contributed by atoms with E-state index in [1.54, 1.807) is 24.3 Å². The van der Waals surface area contributed by atoms with E-state index in [2.05, 4.69) is 42.7 Å². The molecule has 0 saturated heterocycles. The number of unbranched alkanes of at least 4 members (excludes halogenated alkanes) is 1. The third kappa shape index (κ3) is 4.16. The van der Waals surface area contributed by atoms with Gasteiger partial charge < -0.3 is 4.57 Å². The lowest BCUT2D eigenvalue weighted by Crippen LogP contribution is -2.15. The maximum absolute atomic E-state index is 13.5. The highest BCUT2D eigenvalue weighted by molar-refractivity contribution is 6.51. The minimum absolute atomic E-state index is 0.422. The summed E-state index contributed by atoms with van der Waals surface area (Å²) in [5.41, 5.74) is 3.23. The van der Waals surface area contributed by atoms with Gasteiger partial charge in [0.05, 0.1) is 5.52 Å². The second-order valence-corrected chi connectivity index (χ2v) is 9.43. The topological polar surface area (TPSA) is 39.1 Å². The van der Waals surface area contributed by atoms with Gasteiger partial charge in [-0.15, -0.1) is 0 Å². The Kier molecular flexibility index (Phi) is 6.50. The van der Waals surface area contributed by atoms with Gasteiger partial charge in [-0.25, -0.2) is 0 Å². The molecular weight excluding hydrogens is 430 g/mol. The molecular formula is C32H31NO2. The van der Waals surface area contributed by atoms with Gasteiger partial charge in [-0.2, -0.15) is 0 Å². The number of carbonyl (C=O) groups is 2. The van der Waals surface area contributed by atoms with E-state index in [1.165, 1.54) is 24.8 Å². The first kappa shape index (κ1) is 23.0. The first-order valence-corrected chi connectivity index (χ1v) is 12.7. The molecule has 4 aromatic carbocycles. The molecule has 0 aliphatic carbocycles. The minimum Gasteiger partial charge on any atom is -0.340 e. The highest BCUT2D eigenvalue weighted by Gasteiger charge is 2.24.